The van der Waals surface area contributed by atoms with Gasteiger partial charge in [0.1, 0.15) is 0 Å². The summed E-state index contributed by atoms with van der Waals surface area (Å²) in [5.74, 6) is 0. The molecule has 1 aliphatic heterocycles. The highest BCUT2D eigenvalue weighted by Gasteiger charge is 2.13. The van der Waals surface area contributed by atoms with E-state index in [1.807, 2.05) is 11.3 Å². The highest BCUT2D eigenvalue weighted by Crippen LogP contribution is 2.20. The zero-order valence-electron chi connectivity index (χ0n) is 12.8. The van der Waals surface area contributed by atoms with Crippen molar-refractivity contribution in [3.63, 3.8) is 0 Å². The predicted octanol–water partition coefficient (Wildman–Crippen LogP) is 2.08. The van der Waals surface area contributed by atoms with Crippen LogP contribution in [-0.4, -0.2) is 49.3 Å². The standard InChI is InChI=1S/C15H27N3OS/c1-3-6-16-12-14-13(4-2)17-15(20-14)5-7-18-8-10-19-11-9-18/h16H,3-12H2,1-2H3. The third kappa shape index (κ3) is 4.81. The van der Waals surface area contributed by atoms with Crippen molar-refractivity contribution >= 4 is 11.3 Å². The van der Waals surface area contributed by atoms with Crippen molar-refractivity contribution < 1.29 is 4.74 Å². The summed E-state index contributed by atoms with van der Waals surface area (Å²) in [7, 11) is 0. The second-order valence-corrected chi connectivity index (χ2v) is 6.38. The van der Waals surface area contributed by atoms with Gasteiger partial charge in [-0.15, -0.1) is 11.3 Å². The van der Waals surface area contributed by atoms with Crippen LogP contribution < -0.4 is 5.32 Å². The maximum atomic E-state index is 5.38. The highest BCUT2D eigenvalue weighted by molar-refractivity contribution is 7.11. The van der Waals surface area contributed by atoms with Gasteiger partial charge in [-0.1, -0.05) is 13.8 Å². The molecule has 0 amide bonds. The van der Waals surface area contributed by atoms with E-state index in [-0.39, 0.29) is 0 Å². The van der Waals surface area contributed by atoms with Crippen LogP contribution in [0.1, 0.15) is 35.8 Å². The van der Waals surface area contributed by atoms with Crippen LogP contribution in [0.4, 0.5) is 0 Å². The SMILES string of the molecule is CCCNCc1sc(CCN2CCOCC2)nc1CC. The highest BCUT2D eigenvalue weighted by atomic mass is 32.1. The summed E-state index contributed by atoms with van der Waals surface area (Å²) in [6.45, 7) is 11.5. The Balaban J connectivity index is 1.84. The molecule has 5 heteroatoms. The molecule has 1 aliphatic rings. The normalized spacial score (nSPS) is 16.7. The zero-order chi connectivity index (χ0) is 14.2. The van der Waals surface area contributed by atoms with Crippen molar-refractivity contribution in [2.75, 3.05) is 39.4 Å². The summed E-state index contributed by atoms with van der Waals surface area (Å²) < 4.78 is 5.38. The number of hydrogen-bond donors (Lipinski definition) is 1. The number of rotatable bonds is 8. The van der Waals surface area contributed by atoms with Crippen LogP contribution in [0.15, 0.2) is 0 Å². The number of aromatic nitrogens is 1. The number of morpholine rings is 1. The van der Waals surface area contributed by atoms with Crippen LogP contribution in [0.25, 0.3) is 0 Å². The third-order valence-electron chi connectivity index (χ3n) is 3.62. The molecular formula is C15H27N3OS. The molecule has 20 heavy (non-hydrogen) atoms. The van der Waals surface area contributed by atoms with Crippen molar-refractivity contribution in [2.24, 2.45) is 0 Å². The lowest BCUT2D eigenvalue weighted by molar-refractivity contribution is 0.0384. The fourth-order valence-electron chi connectivity index (χ4n) is 2.42. The van der Waals surface area contributed by atoms with E-state index in [0.29, 0.717) is 0 Å². The molecule has 114 valence electrons. The van der Waals surface area contributed by atoms with Gasteiger partial charge in [0.05, 0.1) is 23.9 Å². The van der Waals surface area contributed by atoms with E-state index in [4.69, 9.17) is 9.72 Å². The second kappa shape index (κ2) is 8.72. The maximum absolute atomic E-state index is 5.38. The molecule has 2 rings (SSSR count). The number of thiazole rings is 1. The summed E-state index contributed by atoms with van der Waals surface area (Å²) >= 11 is 1.89. The molecule has 0 spiro atoms. The molecular weight excluding hydrogens is 270 g/mol. The molecule has 1 fully saturated rings. The largest absolute Gasteiger partial charge is 0.379 e. The number of nitrogens with one attached hydrogen (secondary N) is 1. The summed E-state index contributed by atoms with van der Waals surface area (Å²) in [4.78, 5) is 8.72. The van der Waals surface area contributed by atoms with Crippen molar-refractivity contribution in [3.8, 4) is 0 Å². The van der Waals surface area contributed by atoms with Crippen molar-refractivity contribution in [1.82, 2.24) is 15.2 Å². The average molecular weight is 297 g/mol. The molecule has 1 N–H and O–H groups in total. The monoisotopic (exact) mass is 297 g/mol. The van der Waals surface area contributed by atoms with Crippen molar-refractivity contribution in [3.05, 3.63) is 15.6 Å². The number of hydrogen-bond acceptors (Lipinski definition) is 5. The topological polar surface area (TPSA) is 37.4 Å². The molecule has 0 atom stereocenters. The number of ether oxygens (including phenoxy) is 1. The molecule has 0 unspecified atom stereocenters. The van der Waals surface area contributed by atoms with Gasteiger partial charge in [0.15, 0.2) is 0 Å². The van der Waals surface area contributed by atoms with Gasteiger partial charge in [0.25, 0.3) is 0 Å². The Hall–Kier alpha value is -0.490. The fraction of sp³-hybridized carbons (Fsp3) is 0.800. The van der Waals surface area contributed by atoms with Gasteiger partial charge in [-0.25, -0.2) is 4.98 Å². The van der Waals surface area contributed by atoms with Gasteiger partial charge in [-0.3, -0.25) is 4.90 Å². The first-order chi connectivity index (χ1) is 9.83. The van der Waals surface area contributed by atoms with Gasteiger partial charge in [-0.05, 0) is 19.4 Å². The van der Waals surface area contributed by atoms with E-state index >= 15 is 0 Å². The molecule has 1 aromatic rings. The third-order valence-corrected chi connectivity index (χ3v) is 4.77. The Morgan fingerprint density at radius 2 is 2.10 bits per heavy atom. The Morgan fingerprint density at radius 3 is 2.80 bits per heavy atom. The Kier molecular flexibility index (Phi) is 6.93. The predicted molar refractivity (Wildman–Crippen MR) is 84.5 cm³/mol. The molecule has 1 aromatic heterocycles. The van der Waals surface area contributed by atoms with Crippen LogP contribution in [0.3, 0.4) is 0 Å². The lowest BCUT2D eigenvalue weighted by Crippen LogP contribution is -2.37. The molecule has 4 nitrogen and oxygen atoms in total. The number of aryl methyl sites for hydroxylation is 1. The first-order valence-corrected chi connectivity index (χ1v) is 8.63. The van der Waals surface area contributed by atoms with E-state index in [1.165, 1.54) is 22.0 Å². The summed E-state index contributed by atoms with van der Waals surface area (Å²) in [6, 6.07) is 0. The van der Waals surface area contributed by atoms with Crippen LogP contribution in [0.5, 0.6) is 0 Å². The Bertz CT molecular complexity index is 388. The molecule has 0 bridgehead atoms. The Labute approximate surface area is 126 Å². The molecule has 0 saturated carbocycles. The molecule has 1 saturated heterocycles. The fourth-order valence-corrected chi connectivity index (χ4v) is 3.53. The average Bonchev–Trinajstić information content (AvgIpc) is 2.89. The van der Waals surface area contributed by atoms with E-state index < -0.39 is 0 Å². The summed E-state index contributed by atoms with van der Waals surface area (Å²) in [5.41, 5.74) is 1.29. The quantitative estimate of drug-likeness (QED) is 0.746. The minimum Gasteiger partial charge on any atom is -0.379 e. The maximum Gasteiger partial charge on any atom is 0.0944 e. The van der Waals surface area contributed by atoms with Crippen LogP contribution >= 0.6 is 11.3 Å². The summed E-state index contributed by atoms with van der Waals surface area (Å²) in [6.07, 6.45) is 3.30. The minimum absolute atomic E-state index is 0.879. The lowest BCUT2D eigenvalue weighted by Gasteiger charge is -2.25. The molecule has 0 aromatic carbocycles. The van der Waals surface area contributed by atoms with Crippen LogP contribution in [0.2, 0.25) is 0 Å². The van der Waals surface area contributed by atoms with Crippen molar-refractivity contribution in [1.29, 1.82) is 0 Å². The summed E-state index contributed by atoms with van der Waals surface area (Å²) in [5, 5.41) is 4.78. The van der Waals surface area contributed by atoms with E-state index in [1.54, 1.807) is 0 Å². The van der Waals surface area contributed by atoms with Gasteiger partial charge in [-0.2, -0.15) is 0 Å². The molecule has 0 aliphatic carbocycles. The smallest absolute Gasteiger partial charge is 0.0944 e. The zero-order valence-corrected chi connectivity index (χ0v) is 13.6. The van der Waals surface area contributed by atoms with Gasteiger partial charge < -0.3 is 10.1 Å². The first kappa shape index (κ1) is 15.9. The van der Waals surface area contributed by atoms with Gasteiger partial charge in [0.2, 0.25) is 0 Å². The van der Waals surface area contributed by atoms with E-state index in [0.717, 1.165) is 58.8 Å². The first-order valence-electron chi connectivity index (χ1n) is 7.81. The molecule has 0 radical (unpaired) electrons. The van der Waals surface area contributed by atoms with Gasteiger partial charge >= 0.3 is 0 Å². The Morgan fingerprint density at radius 1 is 1.30 bits per heavy atom. The van der Waals surface area contributed by atoms with Crippen molar-refractivity contribution in [2.45, 2.75) is 39.7 Å². The van der Waals surface area contributed by atoms with Crippen LogP contribution in [-0.2, 0) is 24.1 Å². The number of nitrogens with zero attached hydrogens (tertiary/aromatic N) is 2. The second-order valence-electron chi connectivity index (χ2n) is 5.21. The minimum atomic E-state index is 0.879. The molecule has 2 heterocycles. The van der Waals surface area contributed by atoms with E-state index in [2.05, 4.69) is 24.1 Å². The van der Waals surface area contributed by atoms with E-state index in [9.17, 15) is 0 Å². The lowest BCUT2D eigenvalue weighted by atomic mass is 10.3. The van der Waals surface area contributed by atoms with Crippen LogP contribution in [0, 0.1) is 0 Å². The van der Waals surface area contributed by atoms with Gasteiger partial charge in [0, 0.05) is 37.5 Å².